The first-order valence-corrected chi connectivity index (χ1v) is 5.04. The Hall–Kier alpha value is -0.740. The molecule has 1 heterocycles. The van der Waals surface area contributed by atoms with Gasteiger partial charge < -0.3 is 4.74 Å². The number of carbonyl (C=O) groups is 1. The van der Waals surface area contributed by atoms with Crippen LogP contribution in [0.25, 0.3) is 0 Å². The average molecular weight is 199 g/mol. The topological polar surface area (TPSA) is 39.2 Å². The zero-order valence-corrected chi connectivity index (χ0v) is 8.85. The normalized spacial score (nSPS) is 10.8. The van der Waals surface area contributed by atoms with Gasteiger partial charge in [0, 0.05) is 0 Å². The van der Waals surface area contributed by atoms with E-state index in [1.54, 1.807) is 5.51 Å². The van der Waals surface area contributed by atoms with E-state index in [0.717, 1.165) is 5.69 Å². The lowest BCUT2D eigenvalue weighted by Crippen LogP contribution is -2.13. The summed E-state index contributed by atoms with van der Waals surface area (Å²) in [6, 6.07) is 0. The van der Waals surface area contributed by atoms with E-state index in [0.29, 0.717) is 4.88 Å². The van der Waals surface area contributed by atoms with Crippen molar-refractivity contribution in [2.24, 2.45) is 0 Å². The van der Waals surface area contributed by atoms with E-state index in [4.69, 9.17) is 4.74 Å². The molecular weight excluding hydrogens is 186 g/mol. The first kappa shape index (κ1) is 10.3. The molecule has 0 aliphatic rings. The van der Waals surface area contributed by atoms with Crippen LogP contribution in [0.5, 0.6) is 0 Å². The molecule has 1 rings (SSSR count). The fourth-order valence-corrected chi connectivity index (χ4v) is 1.61. The zero-order chi connectivity index (χ0) is 9.84. The summed E-state index contributed by atoms with van der Waals surface area (Å²) in [5, 5.41) is 0. The molecular formula is C9H13NO2S. The fourth-order valence-electron chi connectivity index (χ4n) is 0.877. The molecule has 0 aliphatic carbocycles. The molecule has 0 saturated carbocycles. The third-order valence-electron chi connectivity index (χ3n) is 1.55. The van der Waals surface area contributed by atoms with Gasteiger partial charge in [0.1, 0.15) is 6.61 Å². The van der Waals surface area contributed by atoms with Crippen molar-refractivity contribution in [2.75, 3.05) is 6.61 Å². The standard InChI is InChI=1S/C9H13NO2S/c1-6(2)12-4-8(11)9-7(3)10-5-13-9/h5-6H,4H2,1-3H3. The van der Waals surface area contributed by atoms with Crippen LogP contribution in [0.2, 0.25) is 0 Å². The number of rotatable bonds is 4. The van der Waals surface area contributed by atoms with E-state index in [1.807, 2.05) is 20.8 Å². The van der Waals surface area contributed by atoms with E-state index in [9.17, 15) is 4.79 Å². The summed E-state index contributed by atoms with van der Waals surface area (Å²) >= 11 is 1.37. The number of hydrogen-bond donors (Lipinski definition) is 0. The fraction of sp³-hybridized carbons (Fsp3) is 0.556. The Balaban J connectivity index is 2.54. The molecule has 13 heavy (non-hydrogen) atoms. The summed E-state index contributed by atoms with van der Waals surface area (Å²) in [6.45, 7) is 5.80. The largest absolute Gasteiger partial charge is 0.371 e. The molecule has 0 radical (unpaired) electrons. The maximum atomic E-state index is 11.5. The van der Waals surface area contributed by atoms with Gasteiger partial charge in [-0.25, -0.2) is 4.98 Å². The number of ketones is 1. The quantitative estimate of drug-likeness (QED) is 0.697. The van der Waals surface area contributed by atoms with E-state index < -0.39 is 0 Å². The van der Waals surface area contributed by atoms with Crippen LogP contribution in [0.15, 0.2) is 5.51 Å². The molecule has 0 aromatic carbocycles. The predicted molar refractivity (Wildman–Crippen MR) is 52.3 cm³/mol. The van der Waals surface area contributed by atoms with Gasteiger partial charge in [0.25, 0.3) is 0 Å². The molecule has 0 bridgehead atoms. The third kappa shape index (κ3) is 2.90. The Morgan fingerprint density at radius 3 is 2.85 bits per heavy atom. The number of aryl methyl sites for hydroxylation is 1. The molecule has 0 aliphatic heterocycles. The molecule has 4 heteroatoms. The van der Waals surface area contributed by atoms with E-state index in [-0.39, 0.29) is 18.5 Å². The minimum absolute atomic E-state index is 0.0219. The highest BCUT2D eigenvalue weighted by Gasteiger charge is 2.11. The second-order valence-corrected chi connectivity index (χ2v) is 3.90. The number of aromatic nitrogens is 1. The Kier molecular flexibility index (Phi) is 3.57. The molecule has 72 valence electrons. The van der Waals surface area contributed by atoms with E-state index >= 15 is 0 Å². The van der Waals surface area contributed by atoms with Crippen molar-refractivity contribution in [3.8, 4) is 0 Å². The van der Waals surface area contributed by atoms with Crippen LogP contribution in [0.1, 0.15) is 29.2 Å². The molecule has 1 aromatic heterocycles. The van der Waals surface area contributed by atoms with Crippen molar-refractivity contribution in [3.05, 3.63) is 16.1 Å². The molecule has 3 nitrogen and oxygen atoms in total. The molecule has 0 unspecified atom stereocenters. The Bertz CT molecular complexity index is 294. The Labute approximate surface area is 81.8 Å². The minimum atomic E-state index is 0.0219. The number of carbonyl (C=O) groups excluding carboxylic acids is 1. The van der Waals surface area contributed by atoms with Crippen LogP contribution in [-0.4, -0.2) is 23.5 Å². The maximum Gasteiger partial charge on any atom is 0.200 e. The van der Waals surface area contributed by atoms with Gasteiger partial charge in [-0.15, -0.1) is 11.3 Å². The lowest BCUT2D eigenvalue weighted by molar-refractivity contribution is 0.0587. The van der Waals surface area contributed by atoms with Gasteiger partial charge in [0.05, 0.1) is 22.2 Å². The first-order valence-electron chi connectivity index (χ1n) is 4.16. The van der Waals surface area contributed by atoms with Crippen LogP contribution in [-0.2, 0) is 4.74 Å². The number of thiazole rings is 1. The van der Waals surface area contributed by atoms with Crippen molar-refractivity contribution < 1.29 is 9.53 Å². The molecule has 0 saturated heterocycles. The number of Topliss-reactive ketones (excluding diaryl/α,β-unsaturated/α-hetero) is 1. The van der Waals surface area contributed by atoms with Crippen LogP contribution < -0.4 is 0 Å². The van der Waals surface area contributed by atoms with Gasteiger partial charge in [-0.05, 0) is 20.8 Å². The zero-order valence-electron chi connectivity index (χ0n) is 8.03. The van der Waals surface area contributed by atoms with Gasteiger partial charge in [-0.1, -0.05) is 0 Å². The average Bonchev–Trinajstić information content (AvgIpc) is 2.47. The van der Waals surface area contributed by atoms with Crippen LogP contribution in [0.3, 0.4) is 0 Å². The number of hydrogen-bond acceptors (Lipinski definition) is 4. The van der Waals surface area contributed by atoms with Gasteiger partial charge in [-0.3, -0.25) is 4.79 Å². The Morgan fingerprint density at radius 2 is 2.38 bits per heavy atom. The van der Waals surface area contributed by atoms with Crippen LogP contribution >= 0.6 is 11.3 Å². The highest BCUT2D eigenvalue weighted by atomic mass is 32.1. The van der Waals surface area contributed by atoms with Crippen molar-refractivity contribution in [3.63, 3.8) is 0 Å². The predicted octanol–water partition coefficient (Wildman–Crippen LogP) is 2.06. The monoisotopic (exact) mass is 199 g/mol. The second kappa shape index (κ2) is 4.48. The minimum Gasteiger partial charge on any atom is -0.371 e. The lowest BCUT2D eigenvalue weighted by Gasteiger charge is -2.05. The summed E-state index contributed by atoms with van der Waals surface area (Å²) in [5.41, 5.74) is 2.47. The lowest BCUT2D eigenvalue weighted by atomic mass is 10.3. The first-order chi connectivity index (χ1) is 6.11. The van der Waals surface area contributed by atoms with Crippen LogP contribution in [0, 0.1) is 6.92 Å². The summed E-state index contributed by atoms with van der Waals surface area (Å²) in [7, 11) is 0. The van der Waals surface area contributed by atoms with Crippen molar-refractivity contribution in [1.29, 1.82) is 0 Å². The van der Waals surface area contributed by atoms with Crippen molar-refractivity contribution in [1.82, 2.24) is 4.98 Å². The smallest absolute Gasteiger partial charge is 0.200 e. The summed E-state index contributed by atoms with van der Waals surface area (Å²) < 4.78 is 5.21. The molecule has 0 atom stereocenters. The Morgan fingerprint density at radius 1 is 1.69 bits per heavy atom. The van der Waals surface area contributed by atoms with Gasteiger partial charge in [-0.2, -0.15) is 0 Å². The summed E-state index contributed by atoms with van der Waals surface area (Å²) in [6.07, 6.45) is 0.0946. The van der Waals surface area contributed by atoms with Gasteiger partial charge in [0.15, 0.2) is 5.78 Å². The highest BCUT2D eigenvalue weighted by molar-refractivity contribution is 7.11. The maximum absolute atomic E-state index is 11.5. The number of ether oxygens (including phenoxy) is 1. The molecule has 0 amide bonds. The highest BCUT2D eigenvalue weighted by Crippen LogP contribution is 2.12. The summed E-state index contributed by atoms with van der Waals surface area (Å²) in [4.78, 5) is 16.2. The van der Waals surface area contributed by atoms with E-state index in [1.165, 1.54) is 11.3 Å². The van der Waals surface area contributed by atoms with Crippen molar-refractivity contribution in [2.45, 2.75) is 26.9 Å². The molecule has 0 spiro atoms. The van der Waals surface area contributed by atoms with E-state index in [2.05, 4.69) is 4.98 Å². The van der Waals surface area contributed by atoms with Crippen LogP contribution in [0.4, 0.5) is 0 Å². The molecule has 1 aromatic rings. The molecule has 0 fully saturated rings. The van der Waals surface area contributed by atoms with Gasteiger partial charge in [0.2, 0.25) is 0 Å². The third-order valence-corrected chi connectivity index (χ3v) is 2.52. The summed E-state index contributed by atoms with van der Waals surface area (Å²) in [5.74, 6) is 0.0219. The number of nitrogens with zero attached hydrogens (tertiary/aromatic N) is 1. The second-order valence-electron chi connectivity index (χ2n) is 3.05. The molecule has 0 N–H and O–H groups in total. The van der Waals surface area contributed by atoms with Gasteiger partial charge >= 0.3 is 0 Å². The van der Waals surface area contributed by atoms with Crippen molar-refractivity contribution >= 4 is 17.1 Å². The SMILES string of the molecule is Cc1ncsc1C(=O)COC(C)C.